The van der Waals surface area contributed by atoms with Gasteiger partial charge in [-0.2, -0.15) is 0 Å². The number of nitrogens with one attached hydrogen (secondary N) is 1. The zero-order valence-corrected chi connectivity index (χ0v) is 19.0. The van der Waals surface area contributed by atoms with Crippen LogP contribution in [0.15, 0.2) is 60.8 Å². The maximum atomic E-state index is 9.63. The molecule has 32 heavy (non-hydrogen) atoms. The van der Waals surface area contributed by atoms with Crippen molar-refractivity contribution in [1.29, 1.82) is 0 Å². The molecule has 0 amide bonds. The fourth-order valence-corrected chi connectivity index (χ4v) is 4.58. The van der Waals surface area contributed by atoms with E-state index in [9.17, 15) is 5.11 Å². The number of rotatable bonds is 9. The molecule has 0 spiro atoms. The van der Waals surface area contributed by atoms with Crippen LogP contribution in [0.4, 0.5) is 0 Å². The second-order valence-corrected chi connectivity index (χ2v) is 8.63. The zero-order valence-electron chi connectivity index (χ0n) is 19.0. The average molecular weight is 431 g/mol. The summed E-state index contributed by atoms with van der Waals surface area (Å²) in [5.41, 5.74) is 4.62. The van der Waals surface area contributed by atoms with E-state index in [0.717, 1.165) is 68.1 Å². The van der Waals surface area contributed by atoms with Crippen molar-refractivity contribution < 1.29 is 5.11 Å². The molecule has 2 aromatic carbocycles. The summed E-state index contributed by atoms with van der Waals surface area (Å²) >= 11 is 0. The van der Waals surface area contributed by atoms with Crippen LogP contribution < -0.4 is 5.32 Å². The largest absolute Gasteiger partial charge is 0.508 e. The van der Waals surface area contributed by atoms with E-state index in [2.05, 4.69) is 46.4 Å². The van der Waals surface area contributed by atoms with E-state index in [0.29, 0.717) is 11.8 Å². The number of hydrogen-bond donors (Lipinski definition) is 2. The number of phenolic OH excluding ortho intramolecular Hbond substituents is 1. The number of aromatic nitrogens is 2. The average Bonchev–Trinajstić information content (AvgIpc) is 2.83. The van der Waals surface area contributed by atoms with Crippen LogP contribution in [0.5, 0.6) is 5.75 Å². The summed E-state index contributed by atoms with van der Waals surface area (Å²) in [6.45, 7) is 6.56. The van der Waals surface area contributed by atoms with E-state index in [1.807, 2.05) is 30.5 Å². The minimum absolute atomic E-state index is 0.322. The zero-order chi connectivity index (χ0) is 22.2. The van der Waals surface area contributed by atoms with Crippen LogP contribution in [0.25, 0.3) is 11.3 Å². The lowest BCUT2D eigenvalue weighted by Gasteiger charge is -2.34. The molecule has 1 saturated heterocycles. The molecule has 1 aliphatic heterocycles. The van der Waals surface area contributed by atoms with Crippen LogP contribution in [-0.2, 0) is 19.4 Å². The molecule has 0 radical (unpaired) electrons. The standard InChI is InChI=1S/C27H34N4O/c1-2-31(24-12-15-28-16-13-24)20-22-8-3-9-23(18-22)26-14-17-29-27(30-26)11-5-7-21-6-4-10-25(32)19-21/h3-4,6,8-10,14,17-19,24,28,32H,2,5,7,11-13,15-16,20H2,1H3. The van der Waals surface area contributed by atoms with Gasteiger partial charge in [0.25, 0.3) is 0 Å². The van der Waals surface area contributed by atoms with Crippen molar-refractivity contribution >= 4 is 0 Å². The van der Waals surface area contributed by atoms with Gasteiger partial charge in [0.2, 0.25) is 0 Å². The van der Waals surface area contributed by atoms with Gasteiger partial charge in [-0.25, -0.2) is 9.97 Å². The van der Waals surface area contributed by atoms with Gasteiger partial charge in [0.05, 0.1) is 5.69 Å². The molecule has 1 aromatic heterocycles. The fourth-order valence-electron chi connectivity index (χ4n) is 4.58. The first-order valence-electron chi connectivity index (χ1n) is 11.8. The first kappa shape index (κ1) is 22.4. The fraction of sp³-hybridized carbons (Fsp3) is 0.407. The van der Waals surface area contributed by atoms with Gasteiger partial charge in [-0.15, -0.1) is 0 Å². The lowest BCUT2D eigenvalue weighted by atomic mass is 10.0. The van der Waals surface area contributed by atoms with Gasteiger partial charge in [0.15, 0.2) is 0 Å². The minimum Gasteiger partial charge on any atom is -0.508 e. The Morgan fingerprint density at radius 3 is 2.62 bits per heavy atom. The van der Waals surface area contributed by atoms with Crippen molar-refractivity contribution in [1.82, 2.24) is 20.2 Å². The molecule has 5 nitrogen and oxygen atoms in total. The highest BCUT2D eigenvalue weighted by Crippen LogP contribution is 2.21. The number of hydrogen-bond acceptors (Lipinski definition) is 5. The summed E-state index contributed by atoms with van der Waals surface area (Å²) in [6, 6.07) is 18.9. The van der Waals surface area contributed by atoms with Gasteiger partial charge >= 0.3 is 0 Å². The second kappa shape index (κ2) is 11.2. The monoisotopic (exact) mass is 430 g/mol. The Balaban J connectivity index is 1.40. The number of benzene rings is 2. The summed E-state index contributed by atoms with van der Waals surface area (Å²) in [5.74, 6) is 1.19. The molecule has 168 valence electrons. The third-order valence-corrected chi connectivity index (χ3v) is 6.32. The SMILES string of the molecule is CCN(Cc1cccc(-c2ccnc(CCCc3cccc(O)c3)n2)c1)C1CCNCC1. The van der Waals surface area contributed by atoms with Gasteiger partial charge in [-0.1, -0.05) is 37.3 Å². The maximum Gasteiger partial charge on any atom is 0.128 e. The molecule has 2 N–H and O–H groups in total. The summed E-state index contributed by atoms with van der Waals surface area (Å²) in [7, 11) is 0. The Morgan fingerprint density at radius 2 is 1.81 bits per heavy atom. The number of piperidine rings is 1. The van der Waals surface area contributed by atoms with Crippen molar-refractivity contribution in [3.8, 4) is 17.0 Å². The van der Waals surface area contributed by atoms with E-state index >= 15 is 0 Å². The van der Waals surface area contributed by atoms with Crippen molar-refractivity contribution in [3.63, 3.8) is 0 Å². The van der Waals surface area contributed by atoms with Crippen LogP contribution in [0.2, 0.25) is 0 Å². The summed E-state index contributed by atoms with van der Waals surface area (Å²) in [4.78, 5) is 11.9. The Hall–Kier alpha value is -2.76. The predicted octanol–water partition coefficient (Wildman–Crippen LogP) is 4.60. The molecule has 0 bridgehead atoms. The third-order valence-electron chi connectivity index (χ3n) is 6.32. The van der Waals surface area contributed by atoms with Crippen molar-refractivity contribution in [2.75, 3.05) is 19.6 Å². The first-order chi connectivity index (χ1) is 15.7. The van der Waals surface area contributed by atoms with Crippen LogP contribution in [-0.4, -0.2) is 45.7 Å². The molecule has 2 heterocycles. The molecule has 0 saturated carbocycles. The number of phenols is 1. The van der Waals surface area contributed by atoms with Crippen LogP contribution in [0.3, 0.4) is 0 Å². The number of nitrogens with zero attached hydrogens (tertiary/aromatic N) is 3. The molecular weight excluding hydrogens is 396 g/mol. The molecule has 1 fully saturated rings. The van der Waals surface area contributed by atoms with E-state index in [4.69, 9.17) is 4.98 Å². The van der Waals surface area contributed by atoms with Gasteiger partial charge in [0.1, 0.15) is 11.6 Å². The smallest absolute Gasteiger partial charge is 0.128 e. The molecule has 0 aliphatic carbocycles. The third kappa shape index (κ3) is 6.15. The lowest BCUT2D eigenvalue weighted by Crippen LogP contribution is -2.42. The summed E-state index contributed by atoms with van der Waals surface area (Å²) in [6.07, 6.45) is 7.00. The van der Waals surface area contributed by atoms with Crippen LogP contribution in [0.1, 0.15) is 43.1 Å². The highest BCUT2D eigenvalue weighted by Gasteiger charge is 2.19. The van der Waals surface area contributed by atoms with E-state index in [-0.39, 0.29) is 0 Å². The van der Waals surface area contributed by atoms with Crippen LogP contribution in [0, 0.1) is 0 Å². The van der Waals surface area contributed by atoms with Gasteiger partial charge in [0, 0.05) is 30.8 Å². The molecule has 1 aliphatic rings. The topological polar surface area (TPSA) is 61.3 Å². The first-order valence-corrected chi connectivity index (χ1v) is 11.8. The maximum absolute atomic E-state index is 9.63. The van der Waals surface area contributed by atoms with E-state index in [1.165, 1.54) is 18.4 Å². The summed E-state index contributed by atoms with van der Waals surface area (Å²) in [5, 5.41) is 13.1. The Bertz CT molecular complexity index is 1000. The quantitative estimate of drug-likeness (QED) is 0.520. The number of aromatic hydroxyl groups is 1. The van der Waals surface area contributed by atoms with Crippen molar-refractivity contribution in [3.05, 3.63) is 77.7 Å². The second-order valence-electron chi connectivity index (χ2n) is 8.63. The Kier molecular flexibility index (Phi) is 7.86. The summed E-state index contributed by atoms with van der Waals surface area (Å²) < 4.78 is 0. The molecule has 5 heteroatoms. The normalized spacial score (nSPS) is 14.7. The minimum atomic E-state index is 0.322. The Morgan fingerprint density at radius 1 is 1.00 bits per heavy atom. The molecule has 4 rings (SSSR count). The van der Waals surface area contributed by atoms with E-state index in [1.54, 1.807) is 6.07 Å². The van der Waals surface area contributed by atoms with Gasteiger partial charge < -0.3 is 10.4 Å². The molecular formula is C27H34N4O. The highest BCUT2D eigenvalue weighted by atomic mass is 16.3. The van der Waals surface area contributed by atoms with E-state index < -0.39 is 0 Å². The lowest BCUT2D eigenvalue weighted by molar-refractivity contribution is 0.162. The predicted molar refractivity (Wildman–Crippen MR) is 130 cm³/mol. The molecule has 0 unspecified atom stereocenters. The van der Waals surface area contributed by atoms with Crippen molar-refractivity contribution in [2.24, 2.45) is 0 Å². The highest BCUT2D eigenvalue weighted by molar-refractivity contribution is 5.59. The van der Waals surface area contributed by atoms with Crippen molar-refractivity contribution in [2.45, 2.75) is 51.6 Å². The van der Waals surface area contributed by atoms with Gasteiger partial charge in [-0.3, -0.25) is 4.90 Å². The number of aryl methyl sites for hydroxylation is 2. The molecule has 3 aromatic rings. The van der Waals surface area contributed by atoms with Gasteiger partial charge in [-0.05, 0) is 80.7 Å². The molecule has 0 atom stereocenters. The Labute approximate surface area is 191 Å². The van der Waals surface area contributed by atoms with Crippen LogP contribution >= 0.6 is 0 Å².